The zero-order chi connectivity index (χ0) is 18.2. The van der Waals surface area contributed by atoms with Crippen LogP contribution in [0.5, 0.6) is 5.75 Å². The Bertz CT molecular complexity index is 692. The van der Waals surface area contributed by atoms with Gasteiger partial charge in [0.25, 0.3) is 5.91 Å². The number of para-hydroxylation sites is 2. The SMILES string of the molecule is CCC(CC)c1cc[n+](CC(=O)Nc2ccccc2OC(F)F)cc1.[Cl-]. The van der Waals surface area contributed by atoms with Crippen LogP contribution in [-0.4, -0.2) is 12.5 Å². The van der Waals surface area contributed by atoms with E-state index in [0.29, 0.717) is 5.92 Å². The lowest BCUT2D eigenvalue weighted by atomic mass is 9.95. The second-order valence-corrected chi connectivity index (χ2v) is 5.74. The highest BCUT2D eigenvalue weighted by molar-refractivity contribution is 5.91. The molecule has 0 aliphatic carbocycles. The maximum absolute atomic E-state index is 12.4. The molecule has 1 N–H and O–H groups in total. The first-order valence-corrected chi connectivity index (χ1v) is 8.36. The van der Waals surface area contributed by atoms with Crippen LogP contribution in [0, 0.1) is 0 Å². The van der Waals surface area contributed by atoms with E-state index < -0.39 is 6.61 Å². The fraction of sp³-hybridized carbons (Fsp3) is 0.368. The molecular formula is C19H23ClF2N2O2. The van der Waals surface area contributed by atoms with Gasteiger partial charge < -0.3 is 22.5 Å². The highest BCUT2D eigenvalue weighted by atomic mass is 35.5. The second-order valence-electron chi connectivity index (χ2n) is 5.74. The number of benzene rings is 1. The number of halogens is 3. The minimum absolute atomic E-state index is 0. The summed E-state index contributed by atoms with van der Waals surface area (Å²) in [4.78, 5) is 12.2. The molecule has 0 aliphatic rings. The molecular weight excluding hydrogens is 362 g/mol. The Hall–Kier alpha value is -2.21. The first-order chi connectivity index (χ1) is 12.0. The van der Waals surface area contributed by atoms with Crippen LogP contribution in [0.25, 0.3) is 0 Å². The highest BCUT2D eigenvalue weighted by Crippen LogP contribution is 2.25. The number of hydrogen-bond donors (Lipinski definition) is 1. The average molecular weight is 385 g/mol. The molecule has 7 heteroatoms. The number of nitrogens with one attached hydrogen (secondary N) is 1. The summed E-state index contributed by atoms with van der Waals surface area (Å²) in [7, 11) is 0. The van der Waals surface area contributed by atoms with Crippen molar-refractivity contribution in [3.8, 4) is 5.75 Å². The molecule has 2 rings (SSSR count). The van der Waals surface area contributed by atoms with E-state index in [1.54, 1.807) is 16.7 Å². The van der Waals surface area contributed by atoms with Crippen molar-refractivity contribution in [3.63, 3.8) is 0 Å². The maximum atomic E-state index is 12.4. The van der Waals surface area contributed by atoms with Crippen molar-refractivity contribution < 1.29 is 35.3 Å². The number of hydrogen-bond acceptors (Lipinski definition) is 2. The molecule has 0 fully saturated rings. The van der Waals surface area contributed by atoms with Crippen molar-refractivity contribution in [2.45, 2.75) is 45.8 Å². The summed E-state index contributed by atoms with van der Waals surface area (Å²) >= 11 is 0. The number of carbonyl (C=O) groups is 1. The lowest BCUT2D eigenvalue weighted by Gasteiger charge is -2.12. The van der Waals surface area contributed by atoms with E-state index in [4.69, 9.17) is 0 Å². The van der Waals surface area contributed by atoms with Crippen molar-refractivity contribution in [2.75, 3.05) is 5.32 Å². The predicted molar refractivity (Wildman–Crippen MR) is 91.7 cm³/mol. The molecule has 26 heavy (non-hydrogen) atoms. The summed E-state index contributed by atoms with van der Waals surface area (Å²) in [6, 6.07) is 10.2. The van der Waals surface area contributed by atoms with E-state index in [0.717, 1.165) is 12.8 Å². The first kappa shape index (κ1) is 21.8. The molecule has 0 radical (unpaired) electrons. The number of rotatable bonds is 8. The van der Waals surface area contributed by atoms with Crippen LogP contribution in [0.4, 0.5) is 14.5 Å². The van der Waals surface area contributed by atoms with E-state index in [1.807, 2.05) is 24.5 Å². The fourth-order valence-electron chi connectivity index (χ4n) is 2.73. The minimum atomic E-state index is -2.94. The van der Waals surface area contributed by atoms with Crippen LogP contribution >= 0.6 is 0 Å². The molecule has 0 saturated heterocycles. The van der Waals surface area contributed by atoms with Gasteiger partial charge in [0.2, 0.25) is 6.54 Å². The van der Waals surface area contributed by atoms with Crippen molar-refractivity contribution in [3.05, 3.63) is 54.4 Å². The predicted octanol–water partition coefficient (Wildman–Crippen LogP) is 1.12. The minimum Gasteiger partial charge on any atom is -1.00 e. The van der Waals surface area contributed by atoms with E-state index in [-0.39, 0.29) is 36.3 Å². The van der Waals surface area contributed by atoms with E-state index in [1.165, 1.54) is 17.7 Å². The van der Waals surface area contributed by atoms with Crippen LogP contribution in [0.2, 0.25) is 0 Å². The third-order valence-corrected chi connectivity index (χ3v) is 4.08. The van der Waals surface area contributed by atoms with Gasteiger partial charge in [0, 0.05) is 12.1 Å². The molecule has 1 aromatic heterocycles. The van der Waals surface area contributed by atoms with Crippen LogP contribution in [0.15, 0.2) is 48.8 Å². The summed E-state index contributed by atoms with van der Waals surface area (Å²) in [5.41, 5.74) is 1.47. The van der Waals surface area contributed by atoms with Gasteiger partial charge in [0.15, 0.2) is 12.4 Å². The summed E-state index contributed by atoms with van der Waals surface area (Å²) in [5, 5.41) is 2.61. The van der Waals surface area contributed by atoms with Gasteiger partial charge in [-0.1, -0.05) is 26.0 Å². The van der Waals surface area contributed by atoms with Crippen molar-refractivity contribution in [1.29, 1.82) is 0 Å². The van der Waals surface area contributed by atoms with E-state index in [9.17, 15) is 13.6 Å². The van der Waals surface area contributed by atoms with Crippen molar-refractivity contribution in [1.82, 2.24) is 0 Å². The van der Waals surface area contributed by atoms with Crippen LogP contribution in [-0.2, 0) is 11.3 Å². The molecule has 0 atom stereocenters. The number of nitrogens with zero attached hydrogens (tertiary/aromatic N) is 1. The van der Waals surface area contributed by atoms with Gasteiger partial charge in [-0.3, -0.25) is 4.79 Å². The Labute approximate surface area is 158 Å². The Balaban J connectivity index is 0.00000338. The quantitative estimate of drug-likeness (QED) is 0.693. The Kier molecular flexibility index (Phi) is 8.99. The monoisotopic (exact) mass is 384 g/mol. The standard InChI is InChI=1S/C19H22F2N2O2.ClH/c1-3-14(4-2)15-9-11-23(12-10-15)13-18(24)22-16-7-5-6-8-17(16)25-19(20)21;/h5-12,14,19H,3-4,13H2,1-2H3;1H. The molecule has 142 valence electrons. The molecule has 2 aromatic rings. The van der Waals surface area contributed by atoms with E-state index in [2.05, 4.69) is 23.9 Å². The first-order valence-electron chi connectivity index (χ1n) is 8.36. The third-order valence-electron chi connectivity index (χ3n) is 4.08. The summed E-state index contributed by atoms with van der Waals surface area (Å²) in [6.07, 6.45) is 5.85. The zero-order valence-electron chi connectivity index (χ0n) is 14.8. The largest absolute Gasteiger partial charge is 1.00 e. The molecule has 1 aromatic carbocycles. The number of anilines is 1. The topological polar surface area (TPSA) is 42.2 Å². The normalized spacial score (nSPS) is 10.5. The number of alkyl halides is 2. The number of amides is 1. The highest BCUT2D eigenvalue weighted by Gasteiger charge is 2.15. The number of ether oxygens (including phenoxy) is 1. The number of pyridine rings is 1. The molecule has 0 bridgehead atoms. The Morgan fingerprint density at radius 2 is 1.73 bits per heavy atom. The van der Waals surface area contributed by atoms with Crippen LogP contribution in [0.1, 0.15) is 38.2 Å². The Morgan fingerprint density at radius 3 is 2.31 bits per heavy atom. The van der Waals surface area contributed by atoms with Crippen molar-refractivity contribution in [2.24, 2.45) is 0 Å². The number of carbonyl (C=O) groups excluding carboxylic acids is 1. The molecule has 0 unspecified atom stereocenters. The summed E-state index contributed by atoms with van der Waals surface area (Å²) in [5.74, 6) is 0.146. The van der Waals surface area contributed by atoms with Gasteiger partial charge in [0.1, 0.15) is 5.75 Å². The smallest absolute Gasteiger partial charge is 0.387 e. The van der Waals surface area contributed by atoms with E-state index >= 15 is 0 Å². The molecule has 0 spiro atoms. The van der Waals surface area contributed by atoms with Gasteiger partial charge in [-0.05, 0) is 36.5 Å². The van der Waals surface area contributed by atoms with Gasteiger partial charge in [-0.15, -0.1) is 0 Å². The van der Waals surface area contributed by atoms with Crippen LogP contribution in [0.3, 0.4) is 0 Å². The summed E-state index contributed by atoms with van der Waals surface area (Å²) < 4.78 is 31.0. The second kappa shape index (κ2) is 10.7. The maximum Gasteiger partial charge on any atom is 0.387 e. The fourth-order valence-corrected chi connectivity index (χ4v) is 2.73. The molecule has 0 saturated carbocycles. The molecule has 1 heterocycles. The third kappa shape index (κ3) is 6.26. The number of aromatic nitrogens is 1. The molecule has 4 nitrogen and oxygen atoms in total. The molecule has 0 aliphatic heterocycles. The van der Waals surface area contributed by atoms with Gasteiger partial charge in [0.05, 0.1) is 5.69 Å². The Morgan fingerprint density at radius 1 is 1.12 bits per heavy atom. The van der Waals surface area contributed by atoms with Crippen molar-refractivity contribution >= 4 is 11.6 Å². The molecule has 1 amide bonds. The van der Waals surface area contributed by atoms with Gasteiger partial charge in [-0.2, -0.15) is 13.3 Å². The van der Waals surface area contributed by atoms with Crippen LogP contribution < -0.4 is 27.0 Å². The lowest BCUT2D eigenvalue weighted by Crippen LogP contribution is -3.00. The van der Waals surface area contributed by atoms with Gasteiger partial charge in [-0.25, -0.2) is 0 Å². The average Bonchev–Trinajstić information content (AvgIpc) is 2.59. The van der Waals surface area contributed by atoms with Gasteiger partial charge >= 0.3 is 6.61 Å². The lowest BCUT2D eigenvalue weighted by molar-refractivity contribution is -0.684. The summed E-state index contributed by atoms with van der Waals surface area (Å²) in [6.45, 7) is 1.46. The zero-order valence-corrected chi connectivity index (χ0v) is 15.5.